The number of carbonyl (C=O) groups excluding carboxylic acids is 1. The molecule has 184 valence electrons. The molecule has 0 fully saturated rings. The maximum atomic E-state index is 16.3. The lowest BCUT2D eigenvalue weighted by Gasteiger charge is -2.34. The lowest BCUT2D eigenvalue weighted by molar-refractivity contribution is -0.363. The number of benzene rings is 1. The third kappa shape index (κ3) is 3.63. The molecule has 7 heteroatoms. The van der Waals surface area contributed by atoms with Crippen molar-refractivity contribution < 1.29 is 22.6 Å². The van der Waals surface area contributed by atoms with Crippen molar-refractivity contribution in [1.29, 1.82) is 0 Å². The molecule has 1 aromatic heterocycles. The first kappa shape index (κ1) is 24.9. The molecule has 2 aromatic rings. The van der Waals surface area contributed by atoms with Crippen LogP contribution < -0.4 is 0 Å². The highest BCUT2D eigenvalue weighted by Crippen LogP contribution is 2.47. The zero-order chi connectivity index (χ0) is 25.8. The highest BCUT2D eigenvalue weighted by Gasteiger charge is 2.56. The minimum absolute atomic E-state index is 0.130. The average molecular weight is 478 g/mol. The van der Waals surface area contributed by atoms with Crippen LogP contribution in [-0.2, 0) is 22.6 Å². The molecule has 1 aromatic carbocycles. The third-order valence-electron chi connectivity index (χ3n) is 7.46. The molecule has 2 aliphatic heterocycles. The van der Waals surface area contributed by atoms with Gasteiger partial charge in [0, 0.05) is 29.3 Å². The van der Waals surface area contributed by atoms with Crippen LogP contribution >= 0.6 is 0 Å². The van der Waals surface area contributed by atoms with Crippen LogP contribution in [0.25, 0.3) is 5.57 Å². The molecule has 4 rings (SSSR count). The van der Waals surface area contributed by atoms with Gasteiger partial charge in [0.2, 0.25) is 0 Å². The quantitative estimate of drug-likeness (QED) is 0.270. The SMILES string of the molecule is C=C(C)C(=O)OCc1ccc(C2=C3C(C)=C(CC)C(C)=[N+]3[B-](F)(F)n3c(C)c(CC)c(C)c32)cc1. The van der Waals surface area contributed by atoms with Gasteiger partial charge < -0.3 is 22.3 Å². The number of carbonyl (C=O) groups is 1. The first-order valence-electron chi connectivity index (χ1n) is 12.2. The fourth-order valence-electron chi connectivity index (χ4n) is 5.79. The number of fused-ring (bicyclic) bond motifs is 2. The second-order valence-corrected chi connectivity index (χ2v) is 9.54. The second-order valence-electron chi connectivity index (χ2n) is 9.54. The molecule has 0 atom stereocenters. The summed E-state index contributed by atoms with van der Waals surface area (Å²) < 4.78 is 40.4. The Kier molecular flexibility index (Phi) is 6.24. The van der Waals surface area contributed by atoms with Gasteiger partial charge in [-0.25, -0.2) is 4.79 Å². The number of rotatable bonds is 6. The number of esters is 1. The van der Waals surface area contributed by atoms with Gasteiger partial charge in [0.1, 0.15) is 12.3 Å². The van der Waals surface area contributed by atoms with Gasteiger partial charge >= 0.3 is 12.9 Å². The lowest BCUT2D eigenvalue weighted by Crippen LogP contribution is -2.51. The Bertz CT molecular complexity index is 1360. The van der Waals surface area contributed by atoms with Gasteiger partial charge in [0.05, 0.1) is 5.57 Å². The van der Waals surface area contributed by atoms with Gasteiger partial charge in [0.15, 0.2) is 5.70 Å². The predicted octanol–water partition coefficient (Wildman–Crippen LogP) is 6.50. The van der Waals surface area contributed by atoms with Gasteiger partial charge in [-0.1, -0.05) is 44.7 Å². The van der Waals surface area contributed by atoms with Crippen molar-refractivity contribution in [1.82, 2.24) is 4.48 Å². The predicted molar refractivity (Wildman–Crippen MR) is 138 cm³/mol. The van der Waals surface area contributed by atoms with Crippen molar-refractivity contribution in [2.24, 2.45) is 0 Å². The van der Waals surface area contributed by atoms with Gasteiger partial charge in [0.25, 0.3) is 0 Å². The summed E-state index contributed by atoms with van der Waals surface area (Å²) in [4.78, 5) is 11.8. The van der Waals surface area contributed by atoms with E-state index in [9.17, 15) is 4.79 Å². The van der Waals surface area contributed by atoms with Crippen molar-refractivity contribution in [3.8, 4) is 0 Å². The second kappa shape index (κ2) is 8.78. The molecule has 0 aliphatic carbocycles. The Morgan fingerprint density at radius 2 is 1.71 bits per heavy atom. The highest BCUT2D eigenvalue weighted by atomic mass is 19.2. The number of hydrogen-bond donors (Lipinski definition) is 0. The number of hydrogen-bond acceptors (Lipinski definition) is 2. The molecule has 0 unspecified atom stereocenters. The number of nitrogens with zero attached hydrogens (tertiary/aromatic N) is 2. The molecule has 4 nitrogen and oxygen atoms in total. The zero-order valence-electron chi connectivity index (χ0n) is 21.7. The summed E-state index contributed by atoms with van der Waals surface area (Å²) in [7, 11) is 0. The van der Waals surface area contributed by atoms with Crippen molar-refractivity contribution in [2.75, 3.05) is 0 Å². The summed E-state index contributed by atoms with van der Waals surface area (Å²) in [6, 6.07) is 7.65. The van der Waals surface area contributed by atoms with Gasteiger partial charge in [-0.3, -0.25) is 0 Å². The molecular formula is C28H33BF2N2O2. The van der Waals surface area contributed by atoms with E-state index in [-0.39, 0.29) is 6.61 Å². The van der Waals surface area contributed by atoms with Crippen molar-refractivity contribution in [2.45, 2.75) is 67.9 Å². The smallest absolute Gasteiger partial charge is 0.457 e. The van der Waals surface area contributed by atoms with Gasteiger partial charge in [-0.2, -0.15) is 0 Å². The van der Waals surface area contributed by atoms with E-state index in [1.54, 1.807) is 20.8 Å². The topological polar surface area (TPSA) is 34.2 Å². The molecule has 0 saturated carbocycles. The molecule has 0 saturated heterocycles. The van der Waals surface area contributed by atoms with E-state index in [0.29, 0.717) is 41.2 Å². The van der Waals surface area contributed by atoms with Crippen LogP contribution in [0, 0.1) is 13.8 Å². The Morgan fingerprint density at radius 3 is 2.26 bits per heavy atom. The molecule has 0 radical (unpaired) electrons. The summed E-state index contributed by atoms with van der Waals surface area (Å²) in [5.74, 6) is -0.438. The van der Waals surface area contributed by atoms with Gasteiger partial charge in [-0.05, 0) is 68.5 Å². The van der Waals surface area contributed by atoms with E-state index < -0.39 is 12.9 Å². The lowest BCUT2D eigenvalue weighted by atomic mass is 9.83. The maximum Gasteiger partial charge on any atom is 0.737 e. The van der Waals surface area contributed by atoms with Crippen molar-refractivity contribution in [3.63, 3.8) is 0 Å². The Morgan fingerprint density at radius 1 is 1.09 bits per heavy atom. The van der Waals surface area contributed by atoms with Crippen LogP contribution in [0.4, 0.5) is 8.63 Å². The largest absolute Gasteiger partial charge is 0.737 e. The van der Waals surface area contributed by atoms with E-state index in [0.717, 1.165) is 39.0 Å². The van der Waals surface area contributed by atoms with Crippen molar-refractivity contribution in [3.05, 3.63) is 86.9 Å². The summed E-state index contributed by atoms with van der Waals surface area (Å²) in [6.07, 6.45) is 1.38. The molecule has 0 amide bonds. The standard InChI is InChI=1S/C28H33BF2N2O2/c1-9-23-17(5)26-25(22-13-11-21(12-14-22)15-35-28(34)16(3)4)27-18(6)24(10-2)20(8)33(27)29(30,31)32(26)19(23)7/h11-14H,3,9-10,15H2,1-2,4-8H3. The van der Waals surface area contributed by atoms with E-state index in [1.807, 2.05) is 52.0 Å². The average Bonchev–Trinajstić information content (AvgIpc) is 3.22. The fraction of sp³-hybridized carbons (Fsp3) is 0.357. The molecule has 0 N–H and O–H groups in total. The van der Waals surface area contributed by atoms with Crippen LogP contribution in [0.5, 0.6) is 0 Å². The van der Waals surface area contributed by atoms with Gasteiger partial charge in [-0.15, -0.1) is 0 Å². The summed E-state index contributed by atoms with van der Waals surface area (Å²) in [5, 5.41) is 0. The third-order valence-corrected chi connectivity index (χ3v) is 7.46. The maximum absolute atomic E-state index is 16.3. The van der Waals surface area contributed by atoms with E-state index in [4.69, 9.17) is 4.74 Å². The summed E-state index contributed by atoms with van der Waals surface area (Å²) >= 11 is 0. The van der Waals surface area contributed by atoms with Crippen LogP contribution in [0.3, 0.4) is 0 Å². The van der Waals surface area contributed by atoms with Crippen molar-refractivity contribution >= 4 is 24.2 Å². The molecule has 0 bridgehead atoms. The zero-order valence-corrected chi connectivity index (χ0v) is 21.7. The molecule has 2 aliphatic rings. The molecule has 0 spiro atoms. The molecule has 35 heavy (non-hydrogen) atoms. The Hall–Kier alpha value is -3.22. The Labute approximate surface area is 206 Å². The highest BCUT2D eigenvalue weighted by molar-refractivity contribution is 6.58. The Balaban J connectivity index is 1.96. The van der Waals surface area contributed by atoms with Crippen LogP contribution in [0.2, 0.25) is 0 Å². The number of ether oxygens (including phenoxy) is 1. The fourth-order valence-corrected chi connectivity index (χ4v) is 5.79. The summed E-state index contributed by atoms with van der Waals surface area (Å²) in [5.41, 5.74) is 9.06. The van der Waals surface area contributed by atoms with E-state index in [1.165, 1.54) is 8.96 Å². The minimum Gasteiger partial charge on any atom is -0.457 e. The van der Waals surface area contributed by atoms with E-state index in [2.05, 4.69) is 6.58 Å². The first-order chi connectivity index (χ1) is 16.5. The molecular weight excluding hydrogens is 445 g/mol. The van der Waals surface area contributed by atoms with Crippen LogP contribution in [0.15, 0.2) is 53.3 Å². The summed E-state index contributed by atoms with van der Waals surface area (Å²) in [6.45, 7) is 12.8. The van der Waals surface area contributed by atoms with E-state index >= 15 is 8.63 Å². The monoisotopic (exact) mass is 478 g/mol. The number of allylic oxidation sites excluding steroid dienone is 2. The molecule has 3 heterocycles. The normalized spacial score (nSPS) is 16.6. The van der Waals surface area contributed by atoms with Crippen LogP contribution in [0.1, 0.15) is 74.7 Å². The first-order valence-corrected chi connectivity index (χ1v) is 12.2. The number of aromatic nitrogens is 1. The minimum atomic E-state index is -4.04. The van der Waals surface area contributed by atoms with Crippen LogP contribution in [-0.4, -0.2) is 27.6 Å². The number of halogens is 2.